The molecule has 2 aliphatic heterocycles. The number of alkyl halides is 3. The largest absolute Gasteiger partial charge is 0.419 e. The molecule has 2 saturated heterocycles. The summed E-state index contributed by atoms with van der Waals surface area (Å²) >= 11 is 0. The lowest BCUT2D eigenvalue weighted by molar-refractivity contribution is -0.137. The van der Waals surface area contributed by atoms with Gasteiger partial charge in [-0.3, -0.25) is 4.79 Å². The summed E-state index contributed by atoms with van der Waals surface area (Å²) in [7, 11) is 0. The van der Waals surface area contributed by atoms with Crippen LogP contribution in [0.3, 0.4) is 0 Å². The van der Waals surface area contributed by atoms with Gasteiger partial charge < -0.3 is 9.80 Å². The molecule has 0 saturated carbocycles. The molecule has 3 atom stereocenters. The first-order chi connectivity index (χ1) is 12.9. The number of anilines is 1. The van der Waals surface area contributed by atoms with E-state index in [4.69, 9.17) is 0 Å². The standard InChI is InChI=1S/C20H20F3N3O/c1-13(27)26-11-15-10-25(19-17(20(21,22)23)8-5-9-24-19)12-16(15)18(26)14-6-3-2-4-7-14/h2-9,15-16,18H,10-12H2,1H3/t15-,16-,18+/m1/s1. The van der Waals surface area contributed by atoms with E-state index in [2.05, 4.69) is 4.98 Å². The van der Waals surface area contributed by atoms with Crippen molar-refractivity contribution in [3.63, 3.8) is 0 Å². The average Bonchev–Trinajstić information content (AvgIpc) is 3.19. The van der Waals surface area contributed by atoms with Crippen LogP contribution in [0.2, 0.25) is 0 Å². The normalized spacial score (nSPS) is 25.0. The predicted octanol–water partition coefficient (Wildman–Crippen LogP) is 3.76. The van der Waals surface area contributed by atoms with Crippen LogP contribution in [0.4, 0.5) is 19.0 Å². The molecule has 0 bridgehead atoms. The molecule has 2 aromatic rings. The fourth-order valence-electron chi connectivity index (χ4n) is 4.49. The van der Waals surface area contributed by atoms with Gasteiger partial charge in [-0.25, -0.2) is 4.98 Å². The zero-order valence-corrected chi connectivity index (χ0v) is 14.9. The molecule has 0 aliphatic carbocycles. The minimum absolute atomic E-state index is 0.00128. The van der Waals surface area contributed by atoms with E-state index in [1.54, 1.807) is 11.8 Å². The zero-order valence-electron chi connectivity index (χ0n) is 14.9. The highest BCUT2D eigenvalue weighted by Gasteiger charge is 2.49. The molecule has 4 nitrogen and oxygen atoms in total. The van der Waals surface area contributed by atoms with Crippen molar-refractivity contribution in [2.24, 2.45) is 11.8 Å². The van der Waals surface area contributed by atoms with Crippen LogP contribution in [-0.4, -0.2) is 35.4 Å². The zero-order chi connectivity index (χ0) is 19.2. The van der Waals surface area contributed by atoms with Gasteiger partial charge in [-0.15, -0.1) is 0 Å². The maximum absolute atomic E-state index is 13.4. The Morgan fingerprint density at radius 3 is 2.48 bits per heavy atom. The minimum atomic E-state index is -4.44. The number of benzene rings is 1. The Morgan fingerprint density at radius 1 is 1.07 bits per heavy atom. The third-order valence-corrected chi connectivity index (χ3v) is 5.60. The van der Waals surface area contributed by atoms with Crippen LogP contribution in [0.5, 0.6) is 0 Å². The van der Waals surface area contributed by atoms with Crippen LogP contribution in [0, 0.1) is 11.8 Å². The van der Waals surface area contributed by atoms with Crippen molar-refractivity contribution in [3.8, 4) is 0 Å². The first-order valence-corrected chi connectivity index (χ1v) is 8.95. The molecule has 1 aromatic heterocycles. The van der Waals surface area contributed by atoms with Crippen molar-refractivity contribution >= 4 is 11.7 Å². The number of hydrogen-bond acceptors (Lipinski definition) is 3. The predicted molar refractivity (Wildman–Crippen MR) is 95.0 cm³/mol. The average molecular weight is 375 g/mol. The highest BCUT2D eigenvalue weighted by atomic mass is 19.4. The van der Waals surface area contributed by atoms with E-state index in [0.717, 1.165) is 11.6 Å². The SMILES string of the molecule is CC(=O)N1C[C@H]2CN(c3ncccc3C(F)(F)F)C[C@H]2[C@@H]1c1ccccc1. The van der Waals surface area contributed by atoms with Gasteiger partial charge in [-0.2, -0.15) is 13.2 Å². The van der Waals surface area contributed by atoms with Crippen LogP contribution in [0.15, 0.2) is 48.7 Å². The number of amides is 1. The molecular weight excluding hydrogens is 355 g/mol. The van der Waals surface area contributed by atoms with Gasteiger partial charge in [0.25, 0.3) is 0 Å². The van der Waals surface area contributed by atoms with Gasteiger partial charge in [0.2, 0.25) is 5.91 Å². The minimum Gasteiger partial charge on any atom is -0.355 e. The molecule has 2 fully saturated rings. The molecule has 3 heterocycles. The number of likely N-dealkylation sites (tertiary alicyclic amines) is 1. The lowest BCUT2D eigenvalue weighted by Gasteiger charge is -2.30. The molecule has 1 amide bonds. The second-order valence-electron chi connectivity index (χ2n) is 7.23. The van der Waals surface area contributed by atoms with E-state index in [0.29, 0.717) is 19.6 Å². The molecule has 27 heavy (non-hydrogen) atoms. The first kappa shape index (κ1) is 17.8. The summed E-state index contributed by atoms with van der Waals surface area (Å²) in [6.45, 7) is 3.03. The molecule has 0 unspecified atom stereocenters. The molecule has 2 aliphatic rings. The summed E-state index contributed by atoms with van der Waals surface area (Å²) in [4.78, 5) is 19.8. The lowest BCUT2D eigenvalue weighted by Crippen LogP contribution is -2.35. The molecule has 0 spiro atoms. The van der Waals surface area contributed by atoms with Gasteiger partial charge in [0.15, 0.2) is 0 Å². The molecule has 142 valence electrons. The van der Waals surface area contributed by atoms with Crippen molar-refractivity contribution in [2.75, 3.05) is 24.5 Å². The monoisotopic (exact) mass is 375 g/mol. The summed E-state index contributed by atoms with van der Waals surface area (Å²) in [5, 5.41) is 0. The Labute approximate surface area is 155 Å². The van der Waals surface area contributed by atoms with E-state index in [1.807, 2.05) is 35.2 Å². The Kier molecular flexibility index (Phi) is 4.32. The summed E-state index contributed by atoms with van der Waals surface area (Å²) in [6.07, 6.45) is -3.04. The van der Waals surface area contributed by atoms with E-state index in [9.17, 15) is 18.0 Å². The number of aromatic nitrogens is 1. The number of nitrogens with zero attached hydrogens (tertiary/aromatic N) is 3. The van der Waals surface area contributed by atoms with Crippen LogP contribution < -0.4 is 4.90 Å². The van der Waals surface area contributed by atoms with E-state index >= 15 is 0 Å². The molecule has 0 radical (unpaired) electrons. The second kappa shape index (κ2) is 6.55. The number of halogens is 3. The van der Waals surface area contributed by atoms with Crippen LogP contribution in [0.25, 0.3) is 0 Å². The summed E-state index contributed by atoms with van der Waals surface area (Å²) in [5.41, 5.74) is 0.323. The fourth-order valence-corrected chi connectivity index (χ4v) is 4.49. The molecular formula is C20H20F3N3O. The van der Waals surface area contributed by atoms with Gasteiger partial charge in [0.1, 0.15) is 5.82 Å². The van der Waals surface area contributed by atoms with Gasteiger partial charge in [0.05, 0.1) is 11.6 Å². The van der Waals surface area contributed by atoms with Crippen molar-refractivity contribution in [1.29, 1.82) is 0 Å². The molecule has 1 aromatic carbocycles. The van der Waals surface area contributed by atoms with Crippen molar-refractivity contribution in [3.05, 3.63) is 59.8 Å². The maximum atomic E-state index is 13.4. The highest BCUT2D eigenvalue weighted by Crippen LogP contribution is 2.47. The number of fused-ring (bicyclic) bond motifs is 1. The number of pyridine rings is 1. The van der Waals surface area contributed by atoms with E-state index in [1.165, 1.54) is 12.3 Å². The van der Waals surface area contributed by atoms with Gasteiger partial charge in [-0.1, -0.05) is 30.3 Å². The highest BCUT2D eigenvalue weighted by molar-refractivity contribution is 5.74. The van der Waals surface area contributed by atoms with Gasteiger partial charge in [-0.05, 0) is 17.7 Å². The second-order valence-corrected chi connectivity index (χ2v) is 7.23. The third kappa shape index (κ3) is 3.15. The number of carbonyl (C=O) groups is 1. The van der Waals surface area contributed by atoms with Gasteiger partial charge >= 0.3 is 6.18 Å². The number of rotatable bonds is 2. The number of carbonyl (C=O) groups excluding carboxylic acids is 1. The summed E-state index contributed by atoms with van der Waals surface area (Å²) in [6, 6.07) is 12.0. The Hall–Kier alpha value is -2.57. The molecule has 7 heteroatoms. The first-order valence-electron chi connectivity index (χ1n) is 8.95. The van der Waals surface area contributed by atoms with Crippen molar-refractivity contribution in [1.82, 2.24) is 9.88 Å². The Balaban J connectivity index is 1.66. The number of hydrogen-bond donors (Lipinski definition) is 0. The van der Waals surface area contributed by atoms with E-state index < -0.39 is 11.7 Å². The fraction of sp³-hybridized carbons (Fsp3) is 0.400. The quantitative estimate of drug-likeness (QED) is 0.802. The Morgan fingerprint density at radius 2 is 1.81 bits per heavy atom. The van der Waals surface area contributed by atoms with Crippen LogP contribution in [0.1, 0.15) is 24.1 Å². The third-order valence-electron chi connectivity index (χ3n) is 5.60. The smallest absolute Gasteiger partial charge is 0.355 e. The molecule has 0 N–H and O–H groups in total. The van der Waals surface area contributed by atoms with Crippen LogP contribution in [-0.2, 0) is 11.0 Å². The van der Waals surface area contributed by atoms with E-state index in [-0.39, 0.29) is 29.6 Å². The molecule has 4 rings (SSSR count). The topological polar surface area (TPSA) is 36.4 Å². The van der Waals surface area contributed by atoms with Crippen molar-refractivity contribution in [2.45, 2.75) is 19.1 Å². The van der Waals surface area contributed by atoms with Gasteiger partial charge in [0, 0.05) is 44.6 Å². The Bertz CT molecular complexity index is 840. The van der Waals surface area contributed by atoms with Crippen LogP contribution >= 0.6 is 0 Å². The lowest BCUT2D eigenvalue weighted by atomic mass is 9.89. The summed E-state index contributed by atoms with van der Waals surface area (Å²) < 4.78 is 40.1. The summed E-state index contributed by atoms with van der Waals surface area (Å²) in [5.74, 6) is 0.195. The van der Waals surface area contributed by atoms with Crippen molar-refractivity contribution < 1.29 is 18.0 Å². The maximum Gasteiger partial charge on any atom is 0.419 e.